The van der Waals surface area contributed by atoms with Gasteiger partial charge in [-0.15, -0.1) is 0 Å². The van der Waals surface area contributed by atoms with Gasteiger partial charge >= 0.3 is 0 Å². The zero-order valence-corrected chi connectivity index (χ0v) is 15.3. The van der Waals surface area contributed by atoms with Gasteiger partial charge in [0.1, 0.15) is 0 Å². The summed E-state index contributed by atoms with van der Waals surface area (Å²) in [6.45, 7) is 6.45. The van der Waals surface area contributed by atoms with Crippen LogP contribution in [0.1, 0.15) is 46.5 Å². The van der Waals surface area contributed by atoms with Crippen LogP contribution in [0.2, 0.25) is 0 Å². The third-order valence-corrected chi connectivity index (χ3v) is 3.70. The Kier molecular flexibility index (Phi) is 12.1. The minimum absolute atomic E-state index is 0.0659. The van der Waals surface area contributed by atoms with Gasteiger partial charge in [0.25, 0.3) is 0 Å². The molecule has 0 aliphatic rings. The van der Waals surface area contributed by atoms with E-state index in [0.29, 0.717) is 32.5 Å². The molecule has 0 aliphatic heterocycles. The van der Waals surface area contributed by atoms with E-state index in [9.17, 15) is 14.4 Å². The lowest BCUT2D eigenvalue weighted by Crippen LogP contribution is -2.45. The molecule has 0 aromatic rings. The Morgan fingerprint density at radius 3 is 2.44 bits per heavy atom. The SMILES string of the molecule is CC(C)[C@H](NC(=O)CCCCN=[N+]=[N-])C(=O)C[C@@H](C)C(=O)NCCN. The molecule has 0 aliphatic carbocycles. The second kappa shape index (κ2) is 13.2. The predicted octanol–water partition coefficient (Wildman–Crippen LogP) is 1.28. The molecular formula is C16H30N6O3. The third-order valence-electron chi connectivity index (χ3n) is 3.70. The largest absolute Gasteiger partial charge is 0.355 e. The molecule has 0 heterocycles. The molecule has 0 aromatic carbocycles. The number of ketones is 1. The second-order valence-electron chi connectivity index (χ2n) is 6.35. The fourth-order valence-electron chi connectivity index (χ4n) is 2.27. The standard InChI is InChI=1S/C16H30N6O3/c1-11(2)15(21-14(24)6-4-5-8-20-22-18)13(23)10-12(3)16(25)19-9-7-17/h11-12,15H,4-10,17H2,1-3H3,(H,19,25)(H,21,24)/t12-,15+/m1/s1. The first kappa shape index (κ1) is 22.9. The third kappa shape index (κ3) is 10.4. The normalized spacial score (nSPS) is 12.8. The summed E-state index contributed by atoms with van der Waals surface area (Å²) in [4.78, 5) is 38.9. The number of hydrogen-bond donors (Lipinski definition) is 3. The summed E-state index contributed by atoms with van der Waals surface area (Å²) in [5.41, 5.74) is 13.5. The molecule has 0 unspecified atom stereocenters. The van der Waals surface area contributed by atoms with Crippen LogP contribution in [0, 0.1) is 11.8 Å². The van der Waals surface area contributed by atoms with E-state index in [1.807, 2.05) is 13.8 Å². The van der Waals surface area contributed by atoms with Crippen molar-refractivity contribution in [3.05, 3.63) is 10.4 Å². The van der Waals surface area contributed by atoms with E-state index in [1.54, 1.807) is 6.92 Å². The number of carbonyl (C=O) groups is 3. The highest BCUT2D eigenvalue weighted by atomic mass is 16.2. The monoisotopic (exact) mass is 354 g/mol. The number of rotatable bonds is 13. The smallest absolute Gasteiger partial charge is 0.223 e. The molecule has 142 valence electrons. The van der Waals surface area contributed by atoms with Crippen LogP contribution in [0.25, 0.3) is 10.4 Å². The van der Waals surface area contributed by atoms with E-state index >= 15 is 0 Å². The molecule has 0 radical (unpaired) electrons. The number of hydrogen-bond acceptors (Lipinski definition) is 5. The molecule has 0 spiro atoms. The zero-order valence-electron chi connectivity index (χ0n) is 15.3. The number of Topliss-reactive ketones (excluding diaryl/α,β-unsaturated/α-hetero) is 1. The molecule has 0 rings (SSSR count). The molecular weight excluding hydrogens is 324 g/mol. The average Bonchev–Trinajstić information content (AvgIpc) is 2.56. The Balaban J connectivity index is 4.46. The van der Waals surface area contributed by atoms with Crippen LogP contribution in [0.4, 0.5) is 0 Å². The van der Waals surface area contributed by atoms with Gasteiger partial charge in [0.15, 0.2) is 5.78 Å². The van der Waals surface area contributed by atoms with Crippen molar-refractivity contribution in [3.63, 3.8) is 0 Å². The van der Waals surface area contributed by atoms with E-state index in [0.717, 1.165) is 0 Å². The Morgan fingerprint density at radius 1 is 1.20 bits per heavy atom. The highest BCUT2D eigenvalue weighted by Crippen LogP contribution is 2.11. The van der Waals surface area contributed by atoms with Crippen molar-refractivity contribution >= 4 is 17.6 Å². The number of azide groups is 1. The minimum atomic E-state index is -0.616. The van der Waals surface area contributed by atoms with Crippen molar-refractivity contribution in [3.8, 4) is 0 Å². The Labute approximate surface area is 148 Å². The maximum atomic E-state index is 12.4. The fourth-order valence-corrected chi connectivity index (χ4v) is 2.27. The molecule has 0 bridgehead atoms. The average molecular weight is 354 g/mol. The highest BCUT2D eigenvalue weighted by Gasteiger charge is 2.27. The van der Waals surface area contributed by atoms with Crippen molar-refractivity contribution in [1.29, 1.82) is 0 Å². The van der Waals surface area contributed by atoms with Gasteiger partial charge in [0, 0.05) is 43.3 Å². The van der Waals surface area contributed by atoms with Crippen LogP contribution < -0.4 is 16.4 Å². The van der Waals surface area contributed by atoms with Crippen LogP contribution in [-0.4, -0.2) is 43.3 Å². The number of carbonyl (C=O) groups excluding carboxylic acids is 3. The lowest BCUT2D eigenvalue weighted by molar-refractivity contribution is -0.132. The molecule has 25 heavy (non-hydrogen) atoms. The predicted molar refractivity (Wildman–Crippen MR) is 95.5 cm³/mol. The molecule has 2 atom stereocenters. The van der Waals surface area contributed by atoms with E-state index in [1.165, 1.54) is 0 Å². The van der Waals surface area contributed by atoms with Crippen LogP contribution >= 0.6 is 0 Å². The fraction of sp³-hybridized carbons (Fsp3) is 0.812. The van der Waals surface area contributed by atoms with E-state index < -0.39 is 12.0 Å². The summed E-state index contributed by atoms with van der Waals surface area (Å²) in [5, 5.41) is 8.81. The van der Waals surface area contributed by atoms with Crippen LogP contribution in [0.15, 0.2) is 5.11 Å². The maximum Gasteiger partial charge on any atom is 0.223 e. The van der Waals surface area contributed by atoms with Gasteiger partial charge in [0.2, 0.25) is 11.8 Å². The van der Waals surface area contributed by atoms with Gasteiger partial charge in [-0.25, -0.2) is 0 Å². The topological polar surface area (TPSA) is 150 Å². The molecule has 9 heteroatoms. The van der Waals surface area contributed by atoms with Gasteiger partial charge in [0.05, 0.1) is 6.04 Å². The lowest BCUT2D eigenvalue weighted by atomic mass is 9.92. The molecule has 0 saturated heterocycles. The lowest BCUT2D eigenvalue weighted by Gasteiger charge is -2.22. The summed E-state index contributed by atoms with van der Waals surface area (Å²) in [7, 11) is 0. The zero-order chi connectivity index (χ0) is 19.2. The molecule has 0 saturated carbocycles. The maximum absolute atomic E-state index is 12.4. The van der Waals surface area contributed by atoms with E-state index in [4.69, 9.17) is 11.3 Å². The number of nitrogens with zero attached hydrogens (tertiary/aromatic N) is 3. The van der Waals surface area contributed by atoms with Gasteiger partial charge in [-0.3, -0.25) is 14.4 Å². The van der Waals surface area contributed by atoms with Crippen LogP contribution in [-0.2, 0) is 14.4 Å². The summed E-state index contributed by atoms with van der Waals surface area (Å²) >= 11 is 0. The summed E-state index contributed by atoms with van der Waals surface area (Å²) in [6.07, 6.45) is 1.54. The molecule has 4 N–H and O–H groups in total. The first-order chi connectivity index (χ1) is 11.8. The van der Waals surface area contributed by atoms with Gasteiger partial charge < -0.3 is 16.4 Å². The molecule has 0 fully saturated rings. The number of unbranched alkanes of at least 4 members (excludes halogenated alkanes) is 1. The Hall–Kier alpha value is -2.12. The van der Waals surface area contributed by atoms with Gasteiger partial charge in [-0.1, -0.05) is 25.9 Å². The minimum Gasteiger partial charge on any atom is -0.355 e. The Morgan fingerprint density at radius 2 is 1.88 bits per heavy atom. The van der Waals surface area contributed by atoms with Gasteiger partial charge in [-0.2, -0.15) is 0 Å². The number of nitrogens with one attached hydrogen (secondary N) is 2. The van der Waals surface area contributed by atoms with Crippen molar-refractivity contribution in [2.75, 3.05) is 19.6 Å². The summed E-state index contributed by atoms with van der Waals surface area (Å²) in [5.74, 6) is -1.13. The van der Waals surface area contributed by atoms with Crippen LogP contribution in [0.3, 0.4) is 0 Å². The summed E-state index contributed by atoms with van der Waals surface area (Å²) in [6, 6.07) is -0.616. The highest BCUT2D eigenvalue weighted by molar-refractivity contribution is 5.92. The van der Waals surface area contributed by atoms with Crippen molar-refractivity contribution in [2.24, 2.45) is 22.7 Å². The quantitative estimate of drug-likeness (QED) is 0.197. The van der Waals surface area contributed by atoms with Crippen molar-refractivity contribution in [1.82, 2.24) is 10.6 Å². The number of amides is 2. The first-order valence-corrected chi connectivity index (χ1v) is 8.64. The van der Waals surface area contributed by atoms with Crippen molar-refractivity contribution < 1.29 is 14.4 Å². The van der Waals surface area contributed by atoms with E-state index in [2.05, 4.69) is 20.7 Å². The molecule has 2 amide bonds. The van der Waals surface area contributed by atoms with Gasteiger partial charge in [-0.05, 0) is 24.3 Å². The van der Waals surface area contributed by atoms with E-state index in [-0.39, 0.29) is 36.4 Å². The summed E-state index contributed by atoms with van der Waals surface area (Å²) < 4.78 is 0. The van der Waals surface area contributed by atoms with Crippen LogP contribution in [0.5, 0.6) is 0 Å². The number of nitrogens with two attached hydrogens (primary N) is 1. The van der Waals surface area contributed by atoms with Crippen molar-refractivity contribution in [2.45, 2.75) is 52.5 Å². The molecule has 9 nitrogen and oxygen atoms in total. The first-order valence-electron chi connectivity index (χ1n) is 8.64. The Bertz CT molecular complexity index is 488. The molecule has 0 aromatic heterocycles. The second-order valence-corrected chi connectivity index (χ2v) is 6.35.